The highest BCUT2D eigenvalue weighted by molar-refractivity contribution is 5.72. The molecule has 0 saturated carbocycles. The average molecular weight is 462 g/mol. The van der Waals surface area contributed by atoms with Gasteiger partial charge in [-0.05, 0) is 69.0 Å². The van der Waals surface area contributed by atoms with E-state index in [0.717, 1.165) is 63.2 Å². The van der Waals surface area contributed by atoms with Crippen LogP contribution in [-0.2, 0) is 6.54 Å². The van der Waals surface area contributed by atoms with E-state index < -0.39 is 0 Å². The lowest BCUT2D eigenvalue weighted by Gasteiger charge is -2.40. The predicted molar refractivity (Wildman–Crippen MR) is 132 cm³/mol. The van der Waals surface area contributed by atoms with Crippen molar-refractivity contribution in [2.24, 2.45) is 5.92 Å². The lowest BCUT2D eigenvalue weighted by atomic mass is 9.91. The van der Waals surface area contributed by atoms with Gasteiger partial charge in [-0.25, -0.2) is 4.98 Å². The zero-order valence-electron chi connectivity index (χ0n) is 20.1. The second-order valence-corrected chi connectivity index (χ2v) is 9.47. The first-order chi connectivity index (χ1) is 16.7. The van der Waals surface area contributed by atoms with Crippen molar-refractivity contribution in [3.63, 3.8) is 0 Å². The number of ether oxygens (including phenoxy) is 1. The van der Waals surface area contributed by atoms with E-state index in [4.69, 9.17) is 9.72 Å². The molecule has 0 unspecified atom stereocenters. The van der Waals surface area contributed by atoms with Gasteiger partial charge in [0.05, 0.1) is 12.8 Å². The lowest BCUT2D eigenvalue weighted by Crippen LogP contribution is -2.40. The molecule has 0 aliphatic carbocycles. The van der Waals surface area contributed by atoms with Gasteiger partial charge in [0.1, 0.15) is 5.52 Å². The quantitative estimate of drug-likeness (QED) is 0.501. The Morgan fingerprint density at radius 3 is 2.62 bits per heavy atom. The first-order valence-electron chi connectivity index (χ1n) is 12.6. The number of pyridine rings is 1. The molecular formula is C26H35N7O. The van der Waals surface area contributed by atoms with E-state index in [1.54, 1.807) is 6.20 Å². The van der Waals surface area contributed by atoms with Crippen LogP contribution in [0.4, 0.5) is 0 Å². The zero-order valence-corrected chi connectivity index (χ0v) is 20.1. The molecule has 2 fully saturated rings. The van der Waals surface area contributed by atoms with E-state index in [1.165, 1.54) is 24.1 Å². The summed E-state index contributed by atoms with van der Waals surface area (Å²) in [6.45, 7) is 12.5. The monoisotopic (exact) mass is 461 g/mol. The number of allylic oxidation sites excluding steroid dienone is 1. The van der Waals surface area contributed by atoms with Crippen molar-refractivity contribution in [3.8, 4) is 6.01 Å². The maximum absolute atomic E-state index is 6.02. The van der Waals surface area contributed by atoms with Crippen LogP contribution in [0.15, 0.2) is 49.1 Å². The van der Waals surface area contributed by atoms with Crippen molar-refractivity contribution >= 4 is 11.2 Å². The van der Waals surface area contributed by atoms with Crippen molar-refractivity contribution in [1.29, 1.82) is 0 Å². The van der Waals surface area contributed by atoms with Gasteiger partial charge in [-0.1, -0.05) is 13.5 Å². The van der Waals surface area contributed by atoms with Crippen LogP contribution in [0.1, 0.15) is 50.6 Å². The van der Waals surface area contributed by atoms with Crippen molar-refractivity contribution in [3.05, 3.63) is 54.6 Å². The Morgan fingerprint density at radius 1 is 1.06 bits per heavy atom. The van der Waals surface area contributed by atoms with Crippen LogP contribution < -0.4 is 4.74 Å². The molecule has 8 heteroatoms. The molecule has 2 aliphatic heterocycles. The van der Waals surface area contributed by atoms with Crippen molar-refractivity contribution < 1.29 is 4.74 Å². The molecule has 8 nitrogen and oxygen atoms in total. The number of likely N-dealkylation sites (tertiary alicyclic amines) is 2. The summed E-state index contributed by atoms with van der Waals surface area (Å²) in [5, 5.41) is 7.88. The van der Waals surface area contributed by atoms with Gasteiger partial charge in [0.2, 0.25) is 0 Å². The van der Waals surface area contributed by atoms with Crippen molar-refractivity contribution in [1.82, 2.24) is 34.5 Å². The highest BCUT2D eigenvalue weighted by atomic mass is 16.5. The molecular weight excluding hydrogens is 426 g/mol. The minimum atomic E-state index is 0.353. The molecule has 5 rings (SSSR count). The standard InChI is InChI=1S/C26H35N7O/c1-3-17-34-26-30-24-5-4-11-27-25(24)33(26)23-9-15-32(16-10-23)20(2)22-7-13-31(14-8-22)19-21-6-12-28-29-18-21/h4-6,11-12,18,22-23H,2-3,7-10,13-17,19H2,1H3. The summed E-state index contributed by atoms with van der Waals surface area (Å²) in [6, 6.07) is 7.08. The largest absolute Gasteiger partial charge is 0.465 e. The maximum Gasteiger partial charge on any atom is 0.298 e. The van der Waals surface area contributed by atoms with E-state index in [2.05, 4.69) is 49.1 Å². The summed E-state index contributed by atoms with van der Waals surface area (Å²) in [6.07, 6.45) is 10.9. The Balaban J connectivity index is 1.17. The fraction of sp³-hybridized carbons (Fsp3) is 0.538. The maximum atomic E-state index is 6.02. The molecule has 5 heterocycles. The highest BCUT2D eigenvalue weighted by Crippen LogP contribution is 2.34. The van der Waals surface area contributed by atoms with Gasteiger partial charge in [-0.3, -0.25) is 9.47 Å². The molecule has 0 radical (unpaired) electrons. The van der Waals surface area contributed by atoms with Gasteiger partial charge in [-0.15, -0.1) is 0 Å². The van der Waals surface area contributed by atoms with Gasteiger partial charge in [0.15, 0.2) is 5.65 Å². The molecule has 180 valence electrons. The second-order valence-electron chi connectivity index (χ2n) is 9.47. The van der Waals surface area contributed by atoms with Crippen molar-refractivity contribution in [2.45, 2.75) is 51.6 Å². The van der Waals surface area contributed by atoms with E-state index in [0.29, 0.717) is 24.6 Å². The first-order valence-corrected chi connectivity index (χ1v) is 12.6. The van der Waals surface area contributed by atoms with E-state index in [9.17, 15) is 0 Å². The summed E-state index contributed by atoms with van der Waals surface area (Å²) in [5.74, 6) is 0.572. The lowest BCUT2D eigenvalue weighted by molar-refractivity contribution is 0.152. The Bertz CT molecular complexity index is 1080. The first kappa shape index (κ1) is 22.8. The van der Waals surface area contributed by atoms with Crippen LogP contribution in [0.5, 0.6) is 6.01 Å². The van der Waals surface area contributed by atoms with Crippen LogP contribution in [0, 0.1) is 5.92 Å². The fourth-order valence-electron chi connectivity index (χ4n) is 5.30. The van der Waals surface area contributed by atoms with Gasteiger partial charge >= 0.3 is 0 Å². The molecule has 0 amide bonds. The fourth-order valence-corrected chi connectivity index (χ4v) is 5.30. The molecule has 0 bridgehead atoms. The highest BCUT2D eigenvalue weighted by Gasteiger charge is 2.29. The van der Waals surface area contributed by atoms with E-state index in [1.807, 2.05) is 24.5 Å². The number of nitrogens with zero attached hydrogens (tertiary/aromatic N) is 7. The van der Waals surface area contributed by atoms with Gasteiger partial charge < -0.3 is 9.64 Å². The predicted octanol–water partition coefficient (Wildman–Crippen LogP) is 4.07. The number of hydrogen-bond donors (Lipinski definition) is 0. The molecule has 2 aliphatic rings. The zero-order chi connectivity index (χ0) is 23.3. The van der Waals surface area contributed by atoms with Crippen LogP contribution >= 0.6 is 0 Å². The number of fused-ring (bicyclic) bond motifs is 1. The number of piperidine rings is 2. The van der Waals surface area contributed by atoms with Crippen LogP contribution in [0.25, 0.3) is 11.2 Å². The van der Waals surface area contributed by atoms with Gasteiger partial charge in [-0.2, -0.15) is 15.2 Å². The minimum Gasteiger partial charge on any atom is -0.465 e. The third-order valence-corrected chi connectivity index (χ3v) is 7.20. The van der Waals surface area contributed by atoms with Gasteiger partial charge in [0.25, 0.3) is 6.01 Å². The van der Waals surface area contributed by atoms with Crippen LogP contribution in [0.2, 0.25) is 0 Å². The smallest absolute Gasteiger partial charge is 0.298 e. The third-order valence-electron chi connectivity index (χ3n) is 7.20. The molecule has 2 saturated heterocycles. The molecule has 3 aromatic rings. The number of imidazole rings is 1. The summed E-state index contributed by atoms with van der Waals surface area (Å²) in [7, 11) is 0. The normalized spacial score (nSPS) is 18.4. The van der Waals surface area contributed by atoms with Gasteiger partial charge in [0, 0.05) is 49.7 Å². The third kappa shape index (κ3) is 4.92. The van der Waals surface area contributed by atoms with E-state index >= 15 is 0 Å². The summed E-state index contributed by atoms with van der Waals surface area (Å²) in [5.41, 5.74) is 4.40. The SMILES string of the molecule is C=C(C1CCN(Cc2ccnnc2)CC1)N1CCC(n2c(OCCC)nc3cccnc32)CC1. The minimum absolute atomic E-state index is 0.353. The number of hydrogen-bond acceptors (Lipinski definition) is 7. The van der Waals surface area contributed by atoms with Crippen LogP contribution in [0.3, 0.4) is 0 Å². The summed E-state index contributed by atoms with van der Waals surface area (Å²) >= 11 is 0. The molecule has 0 spiro atoms. The summed E-state index contributed by atoms with van der Waals surface area (Å²) < 4.78 is 8.25. The molecule has 3 aromatic heterocycles. The number of aromatic nitrogens is 5. The molecule has 34 heavy (non-hydrogen) atoms. The molecule has 0 N–H and O–H groups in total. The Morgan fingerprint density at radius 2 is 1.88 bits per heavy atom. The van der Waals surface area contributed by atoms with Crippen molar-refractivity contribution in [2.75, 3.05) is 32.8 Å². The van der Waals surface area contributed by atoms with Crippen LogP contribution in [-0.4, -0.2) is 67.3 Å². The Kier molecular flexibility index (Phi) is 7.04. The second kappa shape index (κ2) is 10.5. The molecule has 0 aromatic carbocycles. The average Bonchev–Trinajstić information content (AvgIpc) is 3.26. The van der Waals surface area contributed by atoms with E-state index in [-0.39, 0.29) is 0 Å². The molecule has 0 atom stereocenters. The summed E-state index contributed by atoms with van der Waals surface area (Å²) in [4.78, 5) is 14.4. The Labute approximate surface area is 201 Å². The number of rotatable bonds is 8. The topological polar surface area (TPSA) is 72.2 Å². The Hall–Kier alpha value is -3.00.